The van der Waals surface area contributed by atoms with Crippen molar-refractivity contribution in [2.75, 3.05) is 18.4 Å². The highest BCUT2D eigenvalue weighted by Crippen LogP contribution is 2.49. The van der Waals surface area contributed by atoms with E-state index in [9.17, 15) is 4.79 Å². The lowest BCUT2D eigenvalue weighted by atomic mass is 9.65. The summed E-state index contributed by atoms with van der Waals surface area (Å²) < 4.78 is 0. The Kier molecular flexibility index (Phi) is 3.63. The lowest BCUT2D eigenvalue weighted by Crippen LogP contribution is -2.47. The van der Waals surface area contributed by atoms with Gasteiger partial charge >= 0.3 is 0 Å². The van der Waals surface area contributed by atoms with Gasteiger partial charge in [-0.05, 0) is 37.7 Å². The number of likely N-dealkylation sites (tertiary alicyclic amines) is 1. The molecule has 1 saturated carbocycles. The van der Waals surface area contributed by atoms with Crippen LogP contribution in [0.25, 0.3) is 0 Å². The number of hydrogen-bond acceptors (Lipinski definition) is 6. The number of nitrogens with zero attached hydrogens (tertiary/aromatic N) is 5. The summed E-state index contributed by atoms with van der Waals surface area (Å²) in [6.07, 6.45) is 7.83. The molecule has 1 N–H and O–H groups in total. The van der Waals surface area contributed by atoms with Crippen molar-refractivity contribution >= 4 is 11.7 Å². The Hall–Kier alpha value is -2.57. The first-order valence-corrected chi connectivity index (χ1v) is 8.24. The van der Waals surface area contributed by atoms with Crippen molar-refractivity contribution < 1.29 is 4.79 Å². The molecule has 0 unspecified atom stereocenters. The van der Waals surface area contributed by atoms with E-state index in [1.807, 2.05) is 17.9 Å². The summed E-state index contributed by atoms with van der Waals surface area (Å²) in [4.78, 5) is 30.7. The summed E-state index contributed by atoms with van der Waals surface area (Å²) in [6, 6.07) is 4.06. The minimum Gasteiger partial charge on any atom is -0.367 e. The van der Waals surface area contributed by atoms with Crippen LogP contribution in [0, 0.1) is 12.3 Å². The van der Waals surface area contributed by atoms with E-state index >= 15 is 0 Å². The van der Waals surface area contributed by atoms with E-state index in [0.29, 0.717) is 11.7 Å². The molecule has 7 nitrogen and oxygen atoms in total. The van der Waals surface area contributed by atoms with Crippen molar-refractivity contribution in [1.29, 1.82) is 0 Å². The Morgan fingerprint density at radius 3 is 2.92 bits per heavy atom. The van der Waals surface area contributed by atoms with Crippen molar-refractivity contribution in [3.63, 3.8) is 0 Å². The highest BCUT2D eigenvalue weighted by Gasteiger charge is 2.49. The average Bonchev–Trinajstić information content (AvgIpc) is 3.00. The number of amides is 1. The van der Waals surface area contributed by atoms with E-state index in [0.717, 1.165) is 43.9 Å². The number of aryl methyl sites for hydroxylation is 1. The molecule has 1 aliphatic heterocycles. The normalized spacial score (nSPS) is 25.5. The van der Waals surface area contributed by atoms with Gasteiger partial charge in [0.25, 0.3) is 5.91 Å². The minimum absolute atomic E-state index is 0.0112. The number of rotatable bonds is 3. The Labute approximate surface area is 140 Å². The van der Waals surface area contributed by atoms with Gasteiger partial charge in [-0.1, -0.05) is 0 Å². The predicted octanol–water partition coefficient (Wildman–Crippen LogP) is 1.68. The molecule has 24 heavy (non-hydrogen) atoms. The first kappa shape index (κ1) is 15.0. The number of carbonyl (C=O) groups is 1. The van der Waals surface area contributed by atoms with Crippen LogP contribution in [0.2, 0.25) is 0 Å². The molecule has 1 spiro atoms. The van der Waals surface area contributed by atoms with Gasteiger partial charge in [-0.25, -0.2) is 19.9 Å². The van der Waals surface area contributed by atoms with Gasteiger partial charge in [0.2, 0.25) is 0 Å². The summed E-state index contributed by atoms with van der Waals surface area (Å²) in [6.45, 7) is 3.59. The monoisotopic (exact) mass is 324 g/mol. The highest BCUT2D eigenvalue weighted by molar-refractivity contribution is 5.92. The number of aromatic nitrogens is 4. The standard InChI is InChI=1S/C17H20N6O/c1-12-6-15(21-11-19-12)22-13-7-17(8-13)3-5-23(9-17)16(24)14-2-4-18-10-20-14/h2,4,6,10-11,13H,3,5,7-9H2,1H3,(H,19,21,22). The Morgan fingerprint density at radius 2 is 2.17 bits per heavy atom. The number of carbonyl (C=O) groups excluding carboxylic acids is 1. The lowest BCUT2D eigenvalue weighted by Gasteiger charge is -2.45. The van der Waals surface area contributed by atoms with Crippen molar-refractivity contribution in [3.05, 3.63) is 42.4 Å². The maximum Gasteiger partial charge on any atom is 0.272 e. The van der Waals surface area contributed by atoms with Crippen molar-refractivity contribution in [1.82, 2.24) is 24.8 Å². The van der Waals surface area contributed by atoms with Crippen LogP contribution in [0.4, 0.5) is 5.82 Å². The molecule has 1 aliphatic carbocycles. The van der Waals surface area contributed by atoms with Crippen LogP contribution >= 0.6 is 0 Å². The number of nitrogens with one attached hydrogen (secondary N) is 1. The van der Waals surface area contributed by atoms with E-state index in [-0.39, 0.29) is 11.3 Å². The molecule has 0 atom stereocenters. The third-order valence-electron chi connectivity index (χ3n) is 5.04. The Bertz CT molecular complexity index is 744. The van der Waals surface area contributed by atoms with Gasteiger partial charge < -0.3 is 10.2 Å². The van der Waals surface area contributed by atoms with Crippen LogP contribution < -0.4 is 5.32 Å². The van der Waals surface area contributed by atoms with E-state index in [4.69, 9.17) is 0 Å². The summed E-state index contributed by atoms with van der Waals surface area (Å²) in [5.41, 5.74) is 1.69. The number of anilines is 1. The molecule has 1 saturated heterocycles. The SMILES string of the molecule is Cc1cc(NC2CC3(CCN(C(=O)c4ccncn4)C3)C2)ncn1. The first-order chi connectivity index (χ1) is 11.6. The third-order valence-corrected chi connectivity index (χ3v) is 5.04. The summed E-state index contributed by atoms with van der Waals surface area (Å²) in [5, 5.41) is 3.47. The highest BCUT2D eigenvalue weighted by atomic mass is 16.2. The molecule has 0 radical (unpaired) electrons. The quantitative estimate of drug-likeness (QED) is 0.925. The molecule has 0 aromatic carbocycles. The zero-order valence-corrected chi connectivity index (χ0v) is 13.6. The fourth-order valence-electron chi connectivity index (χ4n) is 3.85. The molecule has 7 heteroatoms. The Balaban J connectivity index is 1.34. The van der Waals surface area contributed by atoms with Crippen LogP contribution in [0.15, 0.2) is 31.0 Å². The van der Waals surface area contributed by atoms with Crippen molar-refractivity contribution in [3.8, 4) is 0 Å². The lowest BCUT2D eigenvalue weighted by molar-refractivity contribution is 0.0710. The van der Waals surface area contributed by atoms with Crippen LogP contribution in [-0.2, 0) is 0 Å². The second-order valence-corrected chi connectivity index (χ2v) is 6.87. The van der Waals surface area contributed by atoms with Gasteiger partial charge in [0.1, 0.15) is 24.2 Å². The zero-order valence-electron chi connectivity index (χ0n) is 13.6. The summed E-state index contributed by atoms with van der Waals surface area (Å²) in [5.74, 6) is 0.895. The van der Waals surface area contributed by atoms with E-state index in [1.165, 1.54) is 6.33 Å². The fourth-order valence-corrected chi connectivity index (χ4v) is 3.85. The molecule has 2 aliphatic rings. The van der Waals surface area contributed by atoms with Crippen LogP contribution in [0.3, 0.4) is 0 Å². The van der Waals surface area contributed by atoms with E-state index in [1.54, 1.807) is 18.6 Å². The van der Waals surface area contributed by atoms with Crippen molar-refractivity contribution in [2.45, 2.75) is 32.2 Å². The molecule has 124 valence electrons. The molecular formula is C17H20N6O. The molecule has 2 aromatic heterocycles. The molecule has 3 heterocycles. The molecule has 2 fully saturated rings. The van der Waals surface area contributed by atoms with E-state index in [2.05, 4.69) is 25.3 Å². The average molecular weight is 324 g/mol. The second-order valence-electron chi connectivity index (χ2n) is 6.87. The summed E-state index contributed by atoms with van der Waals surface area (Å²) in [7, 11) is 0. The molecule has 2 aromatic rings. The van der Waals surface area contributed by atoms with Crippen LogP contribution in [0.1, 0.15) is 35.4 Å². The van der Waals surface area contributed by atoms with Gasteiger partial charge in [-0.3, -0.25) is 4.79 Å². The first-order valence-electron chi connectivity index (χ1n) is 8.24. The maximum absolute atomic E-state index is 12.5. The maximum atomic E-state index is 12.5. The third kappa shape index (κ3) is 2.81. The van der Waals surface area contributed by atoms with Gasteiger partial charge in [0.15, 0.2) is 0 Å². The molecular weight excluding hydrogens is 304 g/mol. The minimum atomic E-state index is 0.0112. The predicted molar refractivity (Wildman–Crippen MR) is 88.4 cm³/mol. The van der Waals surface area contributed by atoms with Crippen LogP contribution in [0.5, 0.6) is 0 Å². The van der Waals surface area contributed by atoms with Gasteiger partial charge in [-0.2, -0.15) is 0 Å². The molecule has 0 bridgehead atoms. The van der Waals surface area contributed by atoms with Gasteiger partial charge in [-0.15, -0.1) is 0 Å². The zero-order chi connectivity index (χ0) is 16.6. The molecule has 1 amide bonds. The van der Waals surface area contributed by atoms with E-state index < -0.39 is 0 Å². The second kappa shape index (κ2) is 5.81. The van der Waals surface area contributed by atoms with Crippen LogP contribution in [-0.4, -0.2) is 49.9 Å². The molecule has 4 rings (SSSR count). The topological polar surface area (TPSA) is 83.9 Å². The smallest absolute Gasteiger partial charge is 0.272 e. The van der Waals surface area contributed by atoms with Crippen molar-refractivity contribution in [2.24, 2.45) is 5.41 Å². The number of hydrogen-bond donors (Lipinski definition) is 1. The largest absolute Gasteiger partial charge is 0.367 e. The van der Waals surface area contributed by atoms with Gasteiger partial charge in [0.05, 0.1) is 0 Å². The fraction of sp³-hybridized carbons (Fsp3) is 0.471. The van der Waals surface area contributed by atoms with Gasteiger partial charge in [0, 0.05) is 37.1 Å². The summed E-state index contributed by atoms with van der Waals surface area (Å²) >= 11 is 0. The Morgan fingerprint density at radius 1 is 1.29 bits per heavy atom.